The molecule has 2 N–H and O–H groups in total. The zero-order valence-electron chi connectivity index (χ0n) is 33.6. The summed E-state index contributed by atoms with van der Waals surface area (Å²) < 4.78 is 17.4. The molecule has 0 aliphatic rings. The Kier molecular flexibility index (Phi) is 18.7. The highest BCUT2D eigenvalue weighted by Gasteiger charge is 2.23. The summed E-state index contributed by atoms with van der Waals surface area (Å²) in [5.41, 5.74) is 9.55. The Morgan fingerprint density at radius 1 is 0.648 bits per heavy atom. The van der Waals surface area contributed by atoms with Gasteiger partial charge < -0.3 is 24.4 Å². The predicted octanol–water partition coefficient (Wildman–Crippen LogP) is 9.30. The summed E-state index contributed by atoms with van der Waals surface area (Å²) in [6.07, 6.45) is 10.5. The Morgan fingerprint density at radius 3 is 1.67 bits per heavy atom. The molecule has 7 heteroatoms. The molecule has 0 unspecified atom stereocenters. The quantitative estimate of drug-likeness (QED) is 0.0507. The van der Waals surface area contributed by atoms with Gasteiger partial charge in [0.2, 0.25) is 0 Å². The van der Waals surface area contributed by atoms with E-state index in [1.54, 1.807) is 13.8 Å². The molecular formula is C47H64O7. The second-order valence-corrected chi connectivity index (χ2v) is 15.0. The molecule has 3 rings (SSSR count). The second kappa shape index (κ2) is 22.9. The summed E-state index contributed by atoms with van der Waals surface area (Å²) in [5, 5.41) is 19.8. The van der Waals surface area contributed by atoms with Crippen molar-refractivity contribution in [2.24, 2.45) is 5.41 Å². The zero-order valence-corrected chi connectivity index (χ0v) is 33.6. The van der Waals surface area contributed by atoms with E-state index in [4.69, 9.17) is 14.2 Å². The van der Waals surface area contributed by atoms with Crippen LogP contribution >= 0.6 is 0 Å². The lowest BCUT2D eigenvalue weighted by atomic mass is 9.89. The van der Waals surface area contributed by atoms with Crippen LogP contribution in [0.5, 0.6) is 5.75 Å². The van der Waals surface area contributed by atoms with Crippen LogP contribution < -0.4 is 4.74 Å². The lowest BCUT2D eigenvalue weighted by Gasteiger charge is -2.26. The maximum Gasteiger partial charge on any atom is 0.333 e. The molecule has 0 aliphatic heterocycles. The summed E-state index contributed by atoms with van der Waals surface area (Å²) >= 11 is 0. The number of rotatable bonds is 25. The van der Waals surface area contributed by atoms with Gasteiger partial charge in [-0.1, -0.05) is 89.2 Å². The van der Waals surface area contributed by atoms with Crippen molar-refractivity contribution in [3.63, 3.8) is 0 Å². The van der Waals surface area contributed by atoms with Gasteiger partial charge in [-0.15, -0.1) is 0 Å². The number of carbonyl (C=O) groups is 2. The van der Waals surface area contributed by atoms with Crippen LogP contribution in [0.25, 0.3) is 11.1 Å². The Balaban J connectivity index is 1.94. The summed E-state index contributed by atoms with van der Waals surface area (Å²) in [5.74, 6) is -0.0882. The number of aliphatic hydroxyl groups is 2. The van der Waals surface area contributed by atoms with Crippen molar-refractivity contribution in [1.82, 2.24) is 0 Å². The van der Waals surface area contributed by atoms with Gasteiger partial charge in [0.05, 0.1) is 33.0 Å². The standard InChI is InChI=1S/C47H64O7/c1-8-10-11-14-36-17-19-37(20-18-36)21-22-38-23-24-43(39(9-2)29-38)42-30-40(15-12-26-53-45(50)34(3)4)44(52-28-25-47(7,32-48)33-49)41(31-42)16-13-27-54-46(51)35(5)6/h17-20,23-24,29-31,48-49H,3,5,8-16,21-22,25-28,32-33H2,1-2,4,6-7H3. The van der Waals surface area contributed by atoms with E-state index in [1.165, 1.54) is 41.5 Å². The van der Waals surface area contributed by atoms with Crippen LogP contribution in [0.15, 0.2) is 78.9 Å². The topological polar surface area (TPSA) is 102 Å². The van der Waals surface area contributed by atoms with E-state index in [9.17, 15) is 19.8 Å². The summed E-state index contributed by atoms with van der Waals surface area (Å²) in [6.45, 7) is 17.3. The third-order valence-electron chi connectivity index (χ3n) is 9.96. The summed E-state index contributed by atoms with van der Waals surface area (Å²) in [7, 11) is 0. The van der Waals surface area contributed by atoms with Gasteiger partial charge in [0.1, 0.15) is 5.75 Å². The van der Waals surface area contributed by atoms with Crippen LogP contribution in [0.1, 0.15) is 107 Å². The monoisotopic (exact) mass is 740 g/mol. The Bertz CT molecular complexity index is 1610. The van der Waals surface area contributed by atoms with Crippen molar-refractivity contribution >= 4 is 11.9 Å². The van der Waals surface area contributed by atoms with E-state index < -0.39 is 17.4 Å². The van der Waals surface area contributed by atoms with Gasteiger partial charge in [-0.2, -0.15) is 0 Å². The molecule has 0 aromatic heterocycles. The lowest BCUT2D eigenvalue weighted by Crippen LogP contribution is -2.28. The number of esters is 2. The number of hydrogen-bond acceptors (Lipinski definition) is 7. The van der Waals surface area contributed by atoms with E-state index in [0.717, 1.165) is 53.7 Å². The largest absolute Gasteiger partial charge is 0.493 e. The van der Waals surface area contributed by atoms with Crippen molar-refractivity contribution in [3.8, 4) is 16.9 Å². The minimum absolute atomic E-state index is 0.158. The van der Waals surface area contributed by atoms with Crippen LogP contribution in [-0.2, 0) is 57.6 Å². The normalized spacial score (nSPS) is 11.3. The summed E-state index contributed by atoms with van der Waals surface area (Å²) in [4.78, 5) is 24.2. The minimum atomic E-state index is -0.677. The first kappa shape index (κ1) is 44.2. The molecule has 0 saturated heterocycles. The number of benzene rings is 3. The van der Waals surface area contributed by atoms with E-state index in [0.29, 0.717) is 49.9 Å². The maximum absolute atomic E-state index is 12.1. The van der Waals surface area contributed by atoms with Crippen LogP contribution in [0.3, 0.4) is 0 Å². The highest BCUT2D eigenvalue weighted by molar-refractivity contribution is 5.87. The molecule has 0 saturated carbocycles. The molecule has 3 aromatic carbocycles. The smallest absolute Gasteiger partial charge is 0.333 e. The molecule has 0 spiro atoms. The van der Waals surface area contributed by atoms with Gasteiger partial charge in [0.25, 0.3) is 0 Å². The number of unbranched alkanes of at least 4 members (excludes halogenated alkanes) is 2. The molecule has 7 nitrogen and oxygen atoms in total. The van der Waals surface area contributed by atoms with Gasteiger partial charge in [-0.25, -0.2) is 9.59 Å². The summed E-state index contributed by atoms with van der Waals surface area (Å²) in [6, 6.07) is 20.2. The number of carbonyl (C=O) groups excluding carboxylic acids is 2. The van der Waals surface area contributed by atoms with Crippen molar-refractivity contribution in [2.75, 3.05) is 33.0 Å². The van der Waals surface area contributed by atoms with Crippen LogP contribution in [0.2, 0.25) is 0 Å². The number of hydrogen-bond donors (Lipinski definition) is 2. The average molecular weight is 741 g/mol. The highest BCUT2D eigenvalue weighted by Crippen LogP contribution is 2.36. The van der Waals surface area contributed by atoms with Crippen LogP contribution in [0.4, 0.5) is 0 Å². The number of aliphatic hydroxyl groups excluding tert-OH is 2. The van der Waals surface area contributed by atoms with Crippen LogP contribution in [0, 0.1) is 5.41 Å². The zero-order chi connectivity index (χ0) is 39.5. The van der Waals surface area contributed by atoms with Gasteiger partial charge in [-0.3, -0.25) is 0 Å². The second-order valence-electron chi connectivity index (χ2n) is 15.0. The fraction of sp³-hybridized carbons (Fsp3) is 0.489. The first-order valence-corrected chi connectivity index (χ1v) is 19.8. The van der Waals surface area contributed by atoms with Crippen molar-refractivity contribution in [1.29, 1.82) is 0 Å². The molecule has 0 bridgehead atoms. The molecular weight excluding hydrogens is 677 g/mol. The molecule has 0 fully saturated rings. The van der Waals surface area contributed by atoms with E-state index in [-0.39, 0.29) is 26.4 Å². The van der Waals surface area contributed by atoms with E-state index in [1.807, 2.05) is 6.92 Å². The van der Waals surface area contributed by atoms with Crippen LogP contribution in [-0.4, -0.2) is 55.2 Å². The van der Waals surface area contributed by atoms with Gasteiger partial charge in [0.15, 0.2) is 0 Å². The SMILES string of the molecule is C=C(C)C(=O)OCCCc1cc(-c2ccc(CCc3ccc(CCCCC)cc3)cc2CC)cc(CCCOC(=O)C(=C)C)c1OCCC(C)(CO)CO. The Morgan fingerprint density at radius 2 is 1.17 bits per heavy atom. The number of aryl methyl sites for hydroxylation is 6. The van der Waals surface area contributed by atoms with E-state index in [2.05, 4.69) is 81.6 Å². The molecule has 0 aliphatic carbocycles. The van der Waals surface area contributed by atoms with E-state index >= 15 is 0 Å². The predicted molar refractivity (Wildman–Crippen MR) is 219 cm³/mol. The molecule has 0 radical (unpaired) electrons. The minimum Gasteiger partial charge on any atom is -0.493 e. The molecule has 0 heterocycles. The highest BCUT2D eigenvalue weighted by atomic mass is 16.5. The van der Waals surface area contributed by atoms with Crippen molar-refractivity contribution in [3.05, 3.63) is 112 Å². The molecule has 3 aromatic rings. The maximum atomic E-state index is 12.1. The molecule has 54 heavy (non-hydrogen) atoms. The number of ether oxygens (including phenoxy) is 3. The van der Waals surface area contributed by atoms with Crippen molar-refractivity contribution in [2.45, 2.75) is 112 Å². The average Bonchev–Trinajstić information content (AvgIpc) is 3.17. The fourth-order valence-electron chi connectivity index (χ4n) is 6.29. The molecule has 0 amide bonds. The third-order valence-corrected chi connectivity index (χ3v) is 9.96. The van der Waals surface area contributed by atoms with Gasteiger partial charge >= 0.3 is 11.9 Å². The lowest BCUT2D eigenvalue weighted by molar-refractivity contribution is -0.139. The fourth-order valence-corrected chi connectivity index (χ4v) is 6.29. The first-order chi connectivity index (χ1) is 25.9. The Hall–Kier alpha value is -4.20. The molecule has 294 valence electrons. The van der Waals surface area contributed by atoms with Gasteiger partial charge in [-0.05, 0) is 135 Å². The third kappa shape index (κ3) is 14.2. The first-order valence-electron chi connectivity index (χ1n) is 19.8. The molecule has 0 atom stereocenters. The van der Waals surface area contributed by atoms with Gasteiger partial charge in [0, 0.05) is 16.6 Å². The Labute approximate surface area is 324 Å². The van der Waals surface area contributed by atoms with Crippen molar-refractivity contribution < 1.29 is 34.0 Å².